The molecular weight excluding hydrogens is 316 g/mol. The highest BCUT2D eigenvalue weighted by molar-refractivity contribution is 7.84. The Labute approximate surface area is 143 Å². The lowest BCUT2D eigenvalue weighted by molar-refractivity contribution is 0.0363. The predicted molar refractivity (Wildman–Crippen MR) is 96.6 cm³/mol. The molecule has 1 aliphatic rings. The standard InChI is InChI=1S/C16H26N2O2S.H2S/c1-6-20-16(9-10-16)14-8-7-13(11-17-14)12(2)18-21(19)15(3,4)5;/h7-8,11-12,18H,6,9-10H2,1-5H3;1H2/t12-,21+;/m0./s1. The average molecular weight is 345 g/mol. The minimum atomic E-state index is -1.08. The summed E-state index contributed by atoms with van der Waals surface area (Å²) in [5.41, 5.74) is 1.92. The third kappa shape index (κ3) is 4.54. The number of nitrogens with zero attached hydrogens (tertiary/aromatic N) is 1. The van der Waals surface area contributed by atoms with E-state index in [1.807, 2.05) is 46.9 Å². The Kier molecular flexibility index (Phi) is 6.62. The van der Waals surface area contributed by atoms with Gasteiger partial charge >= 0.3 is 0 Å². The first-order valence-electron chi connectivity index (χ1n) is 7.57. The molecule has 0 bridgehead atoms. The van der Waals surface area contributed by atoms with Crippen LogP contribution in [0.4, 0.5) is 0 Å². The van der Waals surface area contributed by atoms with Gasteiger partial charge in [-0.1, -0.05) is 6.07 Å². The summed E-state index contributed by atoms with van der Waals surface area (Å²) in [6.07, 6.45) is 3.97. The van der Waals surface area contributed by atoms with E-state index in [1.165, 1.54) is 0 Å². The average Bonchev–Trinajstić information content (AvgIpc) is 3.19. The molecule has 0 radical (unpaired) electrons. The number of rotatable bonds is 6. The highest BCUT2D eigenvalue weighted by atomic mass is 32.2. The third-order valence-electron chi connectivity index (χ3n) is 3.72. The summed E-state index contributed by atoms with van der Waals surface area (Å²) in [6, 6.07) is 4.10. The van der Waals surface area contributed by atoms with Crippen molar-refractivity contribution in [1.82, 2.24) is 9.71 Å². The molecule has 6 heteroatoms. The van der Waals surface area contributed by atoms with Crippen LogP contribution in [-0.2, 0) is 21.3 Å². The van der Waals surface area contributed by atoms with Crippen LogP contribution in [0.2, 0.25) is 0 Å². The van der Waals surface area contributed by atoms with E-state index in [4.69, 9.17) is 4.74 Å². The molecule has 0 aliphatic heterocycles. The lowest BCUT2D eigenvalue weighted by Gasteiger charge is -2.22. The van der Waals surface area contributed by atoms with Crippen molar-refractivity contribution in [2.24, 2.45) is 0 Å². The molecule has 22 heavy (non-hydrogen) atoms. The van der Waals surface area contributed by atoms with Gasteiger partial charge in [0.05, 0.1) is 21.4 Å². The van der Waals surface area contributed by atoms with Crippen molar-refractivity contribution in [3.8, 4) is 0 Å². The van der Waals surface area contributed by atoms with Gasteiger partial charge in [0.15, 0.2) is 0 Å². The molecule has 0 amide bonds. The van der Waals surface area contributed by atoms with Crippen LogP contribution in [0.25, 0.3) is 0 Å². The maximum Gasteiger partial charge on any atom is 0.110 e. The summed E-state index contributed by atoms with van der Waals surface area (Å²) in [6.45, 7) is 10.6. The topological polar surface area (TPSA) is 51.2 Å². The molecule has 1 fully saturated rings. The zero-order valence-corrected chi connectivity index (χ0v) is 15.9. The number of nitrogens with one attached hydrogen (secondary N) is 1. The maximum atomic E-state index is 12.1. The van der Waals surface area contributed by atoms with Gasteiger partial charge in [0, 0.05) is 18.8 Å². The van der Waals surface area contributed by atoms with Gasteiger partial charge in [-0.15, -0.1) is 0 Å². The zero-order valence-electron chi connectivity index (χ0n) is 14.1. The van der Waals surface area contributed by atoms with E-state index in [1.54, 1.807) is 0 Å². The molecule has 0 aromatic carbocycles. The normalized spacial score (nSPS) is 19.1. The van der Waals surface area contributed by atoms with E-state index < -0.39 is 11.0 Å². The second-order valence-corrected chi connectivity index (χ2v) is 8.62. The monoisotopic (exact) mass is 344 g/mol. The molecular formula is C16H28N2O2S2. The summed E-state index contributed by atoms with van der Waals surface area (Å²) in [5, 5.41) is 0. The molecule has 1 aromatic rings. The Bertz CT molecular complexity index is 508. The molecule has 1 N–H and O–H groups in total. The van der Waals surface area contributed by atoms with Gasteiger partial charge in [-0.25, -0.2) is 8.93 Å². The fourth-order valence-electron chi connectivity index (χ4n) is 2.20. The van der Waals surface area contributed by atoms with Crippen LogP contribution in [0, 0.1) is 0 Å². The van der Waals surface area contributed by atoms with Crippen LogP contribution in [0.3, 0.4) is 0 Å². The SMILES string of the molecule is CCOC1(c2ccc([C@H](C)N[S@](=O)C(C)(C)C)cn2)CC1.S. The van der Waals surface area contributed by atoms with Crippen LogP contribution in [0.5, 0.6) is 0 Å². The molecule has 4 nitrogen and oxygen atoms in total. The number of hydrogen-bond acceptors (Lipinski definition) is 3. The minimum absolute atomic E-state index is 0. The number of aromatic nitrogens is 1. The van der Waals surface area contributed by atoms with E-state index in [0.29, 0.717) is 6.61 Å². The Morgan fingerprint density at radius 3 is 2.45 bits per heavy atom. The molecule has 0 unspecified atom stereocenters. The van der Waals surface area contributed by atoms with Crippen LogP contribution in [0.15, 0.2) is 18.3 Å². The highest BCUT2D eigenvalue weighted by Crippen LogP contribution is 2.48. The van der Waals surface area contributed by atoms with Crippen molar-refractivity contribution in [2.45, 2.75) is 63.9 Å². The lowest BCUT2D eigenvalue weighted by atomic mass is 10.1. The van der Waals surface area contributed by atoms with Crippen molar-refractivity contribution in [3.63, 3.8) is 0 Å². The van der Waals surface area contributed by atoms with Crippen LogP contribution >= 0.6 is 13.5 Å². The van der Waals surface area contributed by atoms with E-state index >= 15 is 0 Å². The van der Waals surface area contributed by atoms with E-state index in [-0.39, 0.29) is 29.9 Å². The molecule has 1 aromatic heterocycles. The predicted octanol–water partition coefficient (Wildman–Crippen LogP) is 3.33. The highest BCUT2D eigenvalue weighted by Gasteiger charge is 2.46. The summed E-state index contributed by atoms with van der Waals surface area (Å²) in [4.78, 5) is 4.56. The summed E-state index contributed by atoms with van der Waals surface area (Å²) in [7, 11) is -1.08. The molecule has 1 aliphatic carbocycles. The van der Waals surface area contributed by atoms with Crippen LogP contribution in [-0.4, -0.2) is 20.5 Å². The molecule has 2 rings (SSSR count). The fourth-order valence-corrected chi connectivity index (χ4v) is 3.01. The quantitative estimate of drug-likeness (QED) is 0.861. The lowest BCUT2D eigenvalue weighted by Crippen LogP contribution is -2.34. The zero-order chi connectivity index (χ0) is 15.7. The Hall–Kier alpha value is -0.430. The van der Waals surface area contributed by atoms with E-state index in [0.717, 1.165) is 24.1 Å². The van der Waals surface area contributed by atoms with E-state index in [2.05, 4.69) is 15.8 Å². The number of pyridine rings is 1. The summed E-state index contributed by atoms with van der Waals surface area (Å²) >= 11 is 0. The maximum absolute atomic E-state index is 12.1. The molecule has 1 heterocycles. The Morgan fingerprint density at radius 1 is 1.41 bits per heavy atom. The molecule has 1 saturated carbocycles. The van der Waals surface area contributed by atoms with Crippen molar-refractivity contribution in [3.05, 3.63) is 29.6 Å². The number of hydrogen-bond donors (Lipinski definition) is 1. The largest absolute Gasteiger partial charge is 0.369 e. The Morgan fingerprint density at radius 2 is 2.05 bits per heavy atom. The Balaban J connectivity index is 0.00000242. The van der Waals surface area contributed by atoms with Gasteiger partial charge in [-0.05, 0) is 59.1 Å². The minimum Gasteiger partial charge on any atom is -0.369 e. The van der Waals surface area contributed by atoms with Gasteiger partial charge in [0.25, 0.3) is 0 Å². The summed E-state index contributed by atoms with van der Waals surface area (Å²) in [5.74, 6) is 0. The second kappa shape index (κ2) is 7.43. The molecule has 0 spiro atoms. The van der Waals surface area contributed by atoms with Gasteiger partial charge < -0.3 is 4.74 Å². The van der Waals surface area contributed by atoms with Crippen molar-refractivity contribution in [1.29, 1.82) is 0 Å². The van der Waals surface area contributed by atoms with Crippen LogP contribution in [0.1, 0.15) is 64.8 Å². The first kappa shape index (κ1) is 19.6. The third-order valence-corrected chi connectivity index (χ3v) is 5.40. The molecule has 2 atom stereocenters. The van der Waals surface area contributed by atoms with Crippen molar-refractivity contribution < 1.29 is 8.95 Å². The van der Waals surface area contributed by atoms with Gasteiger partial charge in [-0.3, -0.25) is 4.98 Å². The van der Waals surface area contributed by atoms with Crippen LogP contribution < -0.4 is 4.72 Å². The van der Waals surface area contributed by atoms with Crippen molar-refractivity contribution >= 4 is 24.5 Å². The summed E-state index contributed by atoms with van der Waals surface area (Å²) < 4.78 is 20.8. The second-order valence-electron chi connectivity index (χ2n) is 6.62. The molecule has 126 valence electrons. The first-order chi connectivity index (χ1) is 9.78. The first-order valence-corrected chi connectivity index (χ1v) is 8.72. The van der Waals surface area contributed by atoms with Gasteiger partial charge in [-0.2, -0.15) is 13.5 Å². The van der Waals surface area contributed by atoms with Crippen molar-refractivity contribution in [2.75, 3.05) is 6.61 Å². The fraction of sp³-hybridized carbons (Fsp3) is 0.688. The van der Waals surface area contributed by atoms with E-state index in [9.17, 15) is 4.21 Å². The van der Waals surface area contributed by atoms with Gasteiger partial charge in [0.2, 0.25) is 0 Å². The molecule has 0 saturated heterocycles. The number of ether oxygens (including phenoxy) is 1. The van der Waals surface area contributed by atoms with Gasteiger partial charge in [0.1, 0.15) is 5.60 Å². The smallest absolute Gasteiger partial charge is 0.110 e.